The molecule has 1 aliphatic rings. The molecule has 1 aliphatic heterocycles. The van der Waals surface area contributed by atoms with Gasteiger partial charge in [0.2, 0.25) is 5.91 Å². The number of likely N-dealkylation sites (N-methyl/N-ethyl adjacent to an activating group) is 1. The average Bonchev–Trinajstić information content (AvgIpc) is 3.24. The number of allylic oxidation sites excluding steroid dienone is 1. The molecule has 0 atom stereocenters. The smallest absolute Gasteiger partial charge is 0.246 e. The summed E-state index contributed by atoms with van der Waals surface area (Å²) in [5.74, 6) is 0.851. The molecule has 0 bridgehead atoms. The maximum atomic E-state index is 13.1. The molecule has 0 spiro atoms. The highest BCUT2D eigenvalue weighted by Gasteiger charge is 2.22. The molecule has 2 heterocycles. The predicted octanol–water partition coefficient (Wildman–Crippen LogP) is 5.99. The van der Waals surface area contributed by atoms with Crippen molar-refractivity contribution in [2.75, 3.05) is 39.3 Å². The van der Waals surface area contributed by atoms with E-state index in [0.717, 1.165) is 77.3 Å². The number of rotatable bonds is 6. The van der Waals surface area contributed by atoms with Gasteiger partial charge in [-0.3, -0.25) is 4.79 Å². The van der Waals surface area contributed by atoms with Gasteiger partial charge in [0.15, 0.2) is 0 Å². The van der Waals surface area contributed by atoms with Crippen molar-refractivity contribution in [1.29, 1.82) is 0 Å². The van der Waals surface area contributed by atoms with Crippen LogP contribution in [0.4, 0.5) is 0 Å². The Kier molecular flexibility index (Phi) is 7.13. The Balaban J connectivity index is 1.77. The van der Waals surface area contributed by atoms with Crippen LogP contribution in [0, 0.1) is 20.8 Å². The van der Waals surface area contributed by atoms with Crippen molar-refractivity contribution in [3.63, 3.8) is 0 Å². The van der Waals surface area contributed by atoms with Gasteiger partial charge in [-0.15, -0.1) is 0 Å². The summed E-state index contributed by atoms with van der Waals surface area (Å²) in [6.45, 7) is 17.4. The highest BCUT2D eigenvalue weighted by molar-refractivity contribution is 6.02. The molecule has 3 aromatic rings. The van der Waals surface area contributed by atoms with Gasteiger partial charge in [-0.2, -0.15) is 0 Å². The number of carbonyl (C=O) groups excluding carboxylic acids is 1. The topological polar surface area (TPSA) is 45.9 Å². The molecule has 5 heteroatoms. The van der Waals surface area contributed by atoms with E-state index in [9.17, 15) is 4.79 Å². The number of hydrogen-bond donors (Lipinski definition) is 0. The van der Waals surface area contributed by atoms with E-state index >= 15 is 0 Å². The number of piperazine rings is 1. The summed E-state index contributed by atoms with van der Waals surface area (Å²) in [5, 5.41) is 1.04. The predicted molar refractivity (Wildman–Crippen MR) is 139 cm³/mol. The van der Waals surface area contributed by atoms with Crippen LogP contribution in [0.5, 0.6) is 5.75 Å². The van der Waals surface area contributed by atoms with Crippen LogP contribution in [0.25, 0.3) is 27.7 Å². The van der Waals surface area contributed by atoms with E-state index in [1.165, 1.54) is 11.1 Å². The Morgan fingerprint density at radius 2 is 1.79 bits per heavy atom. The van der Waals surface area contributed by atoms with E-state index in [0.29, 0.717) is 6.61 Å². The molecule has 5 nitrogen and oxygen atoms in total. The third kappa shape index (κ3) is 4.62. The minimum absolute atomic E-state index is 0.0650. The van der Waals surface area contributed by atoms with E-state index in [1.807, 2.05) is 31.9 Å². The number of benzene rings is 2. The molecule has 4 rings (SSSR count). The number of aryl methyl sites for hydroxylation is 3. The number of furan rings is 1. The van der Waals surface area contributed by atoms with Gasteiger partial charge in [0, 0.05) is 54.3 Å². The molecule has 1 amide bonds. The van der Waals surface area contributed by atoms with Crippen LogP contribution in [0.3, 0.4) is 0 Å². The van der Waals surface area contributed by atoms with Gasteiger partial charge in [-0.25, -0.2) is 0 Å². The van der Waals surface area contributed by atoms with Crippen molar-refractivity contribution in [2.45, 2.75) is 41.5 Å². The number of carbonyl (C=O) groups is 1. The Morgan fingerprint density at radius 1 is 1.06 bits per heavy atom. The van der Waals surface area contributed by atoms with Crippen LogP contribution < -0.4 is 4.74 Å². The van der Waals surface area contributed by atoms with Crippen LogP contribution in [0.2, 0.25) is 0 Å². The van der Waals surface area contributed by atoms with E-state index in [2.05, 4.69) is 49.9 Å². The fourth-order valence-corrected chi connectivity index (χ4v) is 4.90. The second kappa shape index (κ2) is 10.1. The molecular weight excluding hydrogens is 424 g/mol. The first-order valence-corrected chi connectivity index (χ1v) is 12.3. The Bertz CT molecular complexity index is 1230. The summed E-state index contributed by atoms with van der Waals surface area (Å²) in [7, 11) is 0. The Hall–Kier alpha value is -3.05. The molecule has 180 valence electrons. The lowest BCUT2D eigenvalue weighted by molar-refractivity contribution is -0.127. The van der Waals surface area contributed by atoms with E-state index in [-0.39, 0.29) is 5.91 Å². The van der Waals surface area contributed by atoms with Gasteiger partial charge in [-0.05, 0) is 63.9 Å². The second-order valence-electron chi connectivity index (χ2n) is 9.24. The van der Waals surface area contributed by atoms with Crippen LogP contribution in [0.1, 0.15) is 43.0 Å². The summed E-state index contributed by atoms with van der Waals surface area (Å²) >= 11 is 0. The molecule has 2 aromatic carbocycles. The number of nitrogens with zero attached hydrogens (tertiary/aromatic N) is 2. The molecule has 0 unspecified atom stereocenters. The Morgan fingerprint density at radius 3 is 2.44 bits per heavy atom. The maximum absolute atomic E-state index is 13.1. The molecule has 0 aliphatic carbocycles. The summed E-state index contributed by atoms with van der Waals surface area (Å²) in [5.41, 5.74) is 8.31. The number of ether oxygens (including phenoxy) is 1. The summed E-state index contributed by atoms with van der Waals surface area (Å²) in [6.07, 6.45) is 3.61. The minimum atomic E-state index is 0.0650. The average molecular weight is 461 g/mol. The van der Waals surface area contributed by atoms with Crippen LogP contribution in [-0.2, 0) is 4.79 Å². The Labute approximate surface area is 203 Å². The molecule has 0 N–H and O–H groups in total. The lowest BCUT2D eigenvalue weighted by Gasteiger charge is -2.33. The minimum Gasteiger partial charge on any atom is -0.493 e. The first kappa shape index (κ1) is 24.1. The quantitative estimate of drug-likeness (QED) is 0.424. The largest absolute Gasteiger partial charge is 0.493 e. The van der Waals surface area contributed by atoms with Crippen molar-refractivity contribution in [1.82, 2.24) is 9.80 Å². The highest BCUT2D eigenvalue weighted by atomic mass is 16.5. The van der Waals surface area contributed by atoms with E-state index in [4.69, 9.17) is 9.15 Å². The summed E-state index contributed by atoms with van der Waals surface area (Å²) in [6, 6.07) is 8.60. The maximum Gasteiger partial charge on any atom is 0.246 e. The number of hydrogen-bond acceptors (Lipinski definition) is 4. The van der Waals surface area contributed by atoms with Crippen LogP contribution in [0.15, 0.2) is 41.0 Å². The van der Waals surface area contributed by atoms with Crippen molar-refractivity contribution < 1.29 is 13.9 Å². The fourth-order valence-electron chi connectivity index (χ4n) is 4.90. The molecule has 0 radical (unpaired) electrons. The van der Waals surface area contributed by atoms with E-state index in [1.54, 1.807) is 6.08 Å². The van der Waals surface area contributed by atoms with Crippen molar-refractivity contribution in [3.8, 4) is 16.9 Å². The van der Waals surface area contributed by atoms with Gasteiger partial charge in [0.1, 0.15) is 11.3 Å². The standard InChI is InChI=1S/C29H36N2O3/c1-7-30-11-13-31(14-12-30)27(32)16-21(5)24-17-25-26(23-10-9-19(3)15-20(23)4)18-34-29(25)22(6)28(24)33-8-2/h9-10,15-18H,7-8,11-14H2,1-6H3/b21-16+. The first-order valence-electron chi connectivity index (χ1n) is 12.3. The molecule has 1 fully saturated rings. The van der Waals surface area contributed by atoms with Gasteiger partial charge < -0.3 is 19.0 Å². The lowest BCUT2D eigenvalue weighted by atomic mass is 9.94. The molecule has 0 saturated carbocycles. The summed E-state index contributed by atoms with van der Waals surface area (Å²) in [4.78, 5) is 17.4. The summed E-state index contributed by atoms with van der Waals surface area (Å²) < 4.78 is 12.1. The third-order valence-corrected chi connectivity index (χ3v) is 6.90. The monoisotopic (exact) mass is 460 g/mol. The van der Waals surface area contributed by atoms with Crippen molar-refractivity contribution in [2.24, 2.45) is 0 Å². The zero-order valence-corrected chi connectivity index (χ0v) is 21.3. The third-order valence-electron chi connectivity index (χ3n) is 6.90. The van der Waals surface area contributed by atoms with E-state index < -0.39 is 0 Å². The van der Waals surface area contributed by atoms with Crippen LogP contribution >= 0.6 is 0 Å². The van der Waals surface area contributed by atoms with Crippen LogP contribution in [-0.4, -0.2) is 55.0 Å². The van der Waals surface area contributed by atoms with Gasteiger partial charge in [0.05, 0.1) is 12.9 Å². The zero-order valence-electron chi connectivity index (χ0n) is 21.3. The number of amides is 1. The van der Waals surface area contributed by atoms with Gasteiger partial charge in [-0.1, -0.05) is 30.7 Å². The SMILES string of the molecule is CCOc1c(/C(C)=C/C(=O)N2CCN(CC)CC2)cc2c(-c3ccc(C)cc3C)coc2c1C. The molecular formula is C29H36N2O3. The van der Waals surface area contributed by atoms with Crippen molar-refractivity contribution in [3.05, 3.63) is 58.9 Å². The normalized spacial score (nSPS) is 15.2. The first-order chi connectivity index (χ1) is 16.3. The highest BCUT2D eigenvalue weighted by Crippen LogP contribution is 2.41. The second-order valence-corrected chi connectivity index (χ2v) is 9.24. The fraction of sp³-hybridized carbons (Fsp3) is 0.414. The van der Waals surface area contributed by atoms with Gasteiger partial charge in [0.25, 0.3) is 0 Å². The zero-order chi connectivity index (χ0) is 24.4. The lowest BCUT2D eigenvalue weighted by Crippen LogP contribution is -2.48. The molecule has 1 aromatic heterocycles. The van der Waals surface area contributed by atoms with Gasteiger partial charge >= 0.3 is 0 Å². The number of fused-ring (bicyclic) bond motifs is 1. The molecule has 1 saturated heterocycles. The molecule has 34 heavy (non-hydrogen) atoms. The van der Waals surface area contributed by atoms with Crippen molar-refractivity contribution >= 4 is 22.4 Å².